The predicted octanol–water partition coefficient (Wildman–Crippen LogP) is 2.87. The Labute approximate surface area is 143 Å². The number of carbonyl (C=O) groups is 1. The molecule has 1 amide bonds. The van der Waals surface area contributed by atoms with E-state index in [9.17, 15) is 9.90 Å². The van der Waals surface area contributed by atoms with Crippen molar-refractivity contribution in [2.75, 3.05) is 5.32 Å². The molecule has 0 saturated carbocycles. The molecule has 0 unspecified atom stereocenters. The molecule has 0 heterocycles. The second-order valence-corrected chi connectivity index (χ2v) is 6.08. The standard InChI is InChI=1S/C17H13NO2.H3O4P/c19-16-11-13-7-5-4-6-12(13)10-15(16)17(20)18-14-8-2-1-3-9-14;1-5(2,3)4/h1-11,19H,(H,18,20);(H3,1,2,3,4). The van der Waals surface area contributed by atoms with Crippen LogP contribution in [-0.4, -0.2) is 25.7 Å². The van der Waals surface area contributed by atoms with Crippen molar-refractivity contribution in [1.29, 1.82) is 0 Å². The van der Waals surface area contributed by atoms with Crippen LogP contribution in [-0.2, 0) is 4.57 Å². The van der Waals surface area contributed by atoms with Crippen molar-refractivity contribution in [3.8, 4) is 5.75 Å². The number of para-hydroxylation sites is 1. The zero-order chi connectivity index (χ0) is 18.4. The lowest BCUT2D eigenvalue weighted by atomic mass is 10.1. The summed E-state index contributed by atoms with van der Waals surface area (Å²) in [5.74, 6) is -0.336. The topological polar surface area (TPSA) is 127 Å². The van der Waals surface area contributed by atoms with Crippen LogP contribution < -0.4 is 5.32 Å². The number of phenolic OH excluding ortho intramolecular Hbond substituents is 1. The molecule has 0 aromatic heterocycles. The molecular formula is C17H16NO6P. The summed E-state index contributed by atoms with van der Waals surface area (Å²) in [5, 5.41) is 14.6. The van der Waals surface area contributed by atoms with Gasteiger partial charge in [-0.25, -0.2) is 4.57 Å². The van der Waals surface area contributed by atoms with Gasteiger partial charge in [0.05, 0.1) is 5.56 Å². The van der Waals surface area contributed by atoms with Gasteiger partial charge < -0.3 is 25.1 Å². The van der Waals surface area contributed by atoms with Gasteiger partial charge in [-0.1, -0.05) is 42.5 Å². The van der Waals surface area contributed by atoms with Gasteiger partial charge in [0, 0.05) is 5.69 Å². The van der Waals surface area contributed by atoms with Gasteiger partial charge in [0.1, 0.15) is 5.75 Å². The number of aromatic hydroxyl groups is 1. The minimum absolute atomic E-state index is 0.0165. The number of hydrogen-bond donors (Lipinski definition) is 5. The quantitative estimate of drug-likeness (QED) is 0.447. The minimum Gasteiger partial charge on any atom is -0.507 e. The van der Waals surface area contributed by atoms with E-state index in [1.807, 2.05) is 42.5 Å². The Morgan fingerprint density at radius 1 is 0.840 bits per heavy atom. The van der Waals surface area contributed by atoms with Crippen LogP contribution in [0.15, 0.2) is 66.7 Å². The zero-order valence-corrected chi connectivity index (χ0v) is 13.8. The fourth-order valence-electron chi connectivity index (χ4n) is 2.13. The molecule has 0 bridgehead atoms. The second kappa shape index (κ2) is 7.92. The fraction of sp³-hybridized carbons (Fsp3) is 0. The van der Waals surface area contributed by atoms with Crippen LogP contribution >= 0.6 is 7.82 Å². The minimum atomic E-state index is -4.64. The normalized spacial score (nSPS) is 10.7. The maximum absolute atomic E-state index is 12.2. The van der Waals surface area contributed by atoms with Crippen molar-refractivity contribution in [1.82, 2.24) is 0 Å². The molecule has 0 saturated heterocycles. The van der Waals surface area contributed by atoms with Gasteiger partial charge in [-0.2, -0.15) is 0 Å². The molecule has 8 heteroatoms. The number of phenols is 1. The summed E-state index contributed by atoms with van der Waals surface area (Å²) < 4.78 is 8.88. The smallest absolute Gasteiger partial charge is 0.466 e. The van der Waals surface area contributed by atoms with Crippen LogP contribution in [0.2, 0.25) is 0 Å². The number of fused-ring (bicyclic) bond motifs is 1. The molecule has 7 nitrogen and oxygen atoms in total. The maximum Gasteiger partial charge on any atom is 0.466 e. The maximum atomic E-state index is 12.2. The van der Waals surface area contributed by atoms with E-state index in [1.54, 1.807) is 24.3 Å². The highest BCUT2D eigenvalue weighted by molar-refractivity contribution is 7.45. The SMILES string of the molecule is O=C(Nc1ccccc1)c1cc2ccccc2cc1O.O=P(O)(O)O. The summed E-state index contributed by atoms with van der Waals surface area (Å²) in [6, 6.07) is 20.1. The Morgan fingerprint density at radius 3 is 1.88 bits per heavy atom. The first-order valence-electron chi connectivity index (χ1n) is 7.10. The zero-order valence-electron chi connectivity index (χ0n) is 12.9. The molecular weight excluding hydrogens is 345 g/mol. The number of benzene rings is 3. The van der Waals surface area contributed by atoms with Crippen LogP contribution in [0.1, 0.15) is 10.4 Å². The van der Waals surface area contributed by atoms with Crippen LogP contribution in [0.5, 0.6) is 5.75 Å². The summed E-state index contributed by atoms with van der Waals surface area (Å²) in [6.07, 6.45) is 0. The van der Waals surface area contributed by atoms with E-state index in [-0.39, 0.29) is 17.2 Å². The number of hydrogen-bond acceptors (Lipinski definition) is 3. The average molecular weight is 361 g/mol. The molecule has 0 atom stereocenters. The van der Waals surface area contributed by atoms with Crippen molar-refractivity contribution in [2.45, 2.75) is 0 Å². The lowest BCUT2D eigenvalue weighted by Gasteiger charge is -2.08. The van der Waals surface area contributed by atoms with Crippen molar-refractivity contribution >= 4 is 30.2 Å². The van der Waals surface area contributed by atoms with E-state index in [2.05, 4.69) is 5.32 Å². The van der Waals surface area contributed by atoms with Gasteiger partial charge >= 0.3 is 7.82 Å². The van der Waals surface area contributed by atoms with Crippen LogP contribution in [0.25, 0.3) is 10.8 Å². The molecule has 0 fully saturated rings. The van der Waals surface area contributed by atoms with Gasteiger partial charge in [0.2, 0.25) is 0 Å². The number of carbonyl (C=O) groups excluding carboxylic acids is 1. The summed E-state index contributed by atoms with van der Waals surface area (Å²) in [5.41, 5.74) is 0.970. The van der Waals surface area contributed by atoms with Gasteiger partial charge in [0.25, 0.3) is 5.91 Å². The van der Waals surface area contributed by atoms with E-state index >= 15 is 0 Å². The van der Waals surface area contributed by atoms with Crippen LogP contribution in [0, 0.1) is 0 Å². The third kappa shape index (κ3) is 6.02. The summed E-state index contributed by atoms with van der Waals surface area (Å²) in [6.45, 7) is 0. The largest absolute Gasteiger partial charge is 0.507 e. The molecule has 0 aliphatic rings. The van der Waals surface area contributed by atoms with E-state index in [1.165, 1.54) is 0 Å². The number of rotatable bonds is 2. The Kier molecular flexibility index (Phi) is 5.90. The summed E-state index contributed by atoms with van der Waals surface area (Å²) in [7, 11) is -4.64. The monoisotopic (exact) mass is 361 g/mol. The first kappa shape index (κ1) is 18.6. The number of anilines is 1. The Balaban J connectivity index is 0.000000399. The van der Waals surface area contributed by atoms with Gasteiger partial charge in [0.15, 0.2) is 0 Å². The highest BCUT2D eigenvalue weighted by Gasteiger charge is 2.12. The molecule has 0 aliphatic carbocycles. The molecule has 5 N–H and O–H groups in total. The Hall–Kier alpha value is -2.70. The summed E-state index contributed by atoms with van der Waals surface area (Å²) >= 11 is 0. The lowest BCUT2D eigenvalue weighted by Crippen LogP contribution is -2.11. The average Bonchev–Trinajstić information content (AvgIpc) is 2.53. The second-order valence-electron chi connectivity index (χ2n) is 5.05. The van der Waals surface area contributed by atoms with Crippen LogP contribution in [0.3, 0.4) is 0 Å². The Bertz CT molecular complexity index is 915. The molecule has 3 aromatic rings. The molecule has 3 rings (SSSR count). The number of phosphoric acid groups is 1. The highest BCUT2D eigenvalue weighted by atomic mass is 31.2. The molecule has 130 valence electrons. The molecule has 3 aromatic carbocycles. The number of nitrogens with one attached hydrogen (secondary N) is 1. The van der Waals surface area contributed by atoms with E-state index in [4.69, 9.17) is 19.2 Å². The first-order valence-corrected chi connectivity index (χ1v) is 8.67. The van der Waals surface area contributed by atoms with Crippen molar-refractivity contribution < 1.29 is 29.1 Å². The summed E-state index contributed by atoms with van der Waals surface area (Å²) in [4.78, 5) is 33.8. The van der Waals surface area contributed by atoms with Crippen molar-refractivity contribution in [3.63, 3.8) is 0 Å². The van der Waals surface area contributed by atoms with Gasteiger partial charge in [-0.3, -0.25) is 4.79 Å². The predicted molar refractivity (Wildman–Crippen MR) is 94.3 cm³/mol. The molecule has 25 heavy (non-hydrogen) atoms. The third-order valence-corrected chi connectivity index (χ3v) is 3.14. The van der Waals surface area contributed by atoms with Crippen LogP contribution in [0.4, 0.5) is 5.69 Å². The third-order valence-electron chi connectivity index (χ3n) is 3.14. The first-order chi connectivity index (χ1) is 11.7. The van der Waals surface area contributed by atoms with Crippen molar-refractivity contribution in [2.24, 2.45) is 0 Å². The highest BCUT2D eigenvalue weighted by Crippen LogP contribution is 2.26. The van der Waals surface area contributed by atoms with Crippen molar-refractivity contribution in [3.05, 3.63) is 72.3 Å². The van der Waals surface area contributed by atoms with E-state index in [0.29, 0.717) is 5.69 Å². The van der Waals surface area contributed by atoms with Gasteiger partial charge in [-0.05, 0) is 35.0 Å². The molecule has 0 spiro atoms. The molecule has 0 radical (unpaired) electrons. The van der Waals surface area contributed by atoms with E-state index in [0.717, 1.165) is 10.8 Å². The van der Waals surface area contributed by atoms with E-state index < -0.39 is 7.82 Å². The van der Waals surface area contributed by atoms with Gasteiger partial charge in [-0.15, -0.1) is 0 Å². The Morgan fingerprint density at radius 2 is 1.32 bits per heavy atom. The number of amides is 1. The lowest BCUT2D eigenvalue weighted by molar-refractivity contribution is 0.102. The molecule has 0 aliphatic heterocycles. The fourth-order valence-corrected chi connectivity index (χ4v) is 2.13.